The monoisotopic (exact) mass is 208 g/mol. The van der Waals surface area contributed by atoms with Crippen molar-refractivity contribution in [3.63, 3.8) is 0 Å². The quantitative estimate of drug-likeness (QED) is 0.795. The van der Waals surface area contributed by atoms with Crippen molar-refractivity contribution in [1.29, 1.82) is 0 Å². The summed E-state index contributed by atoms with van der Waals surface area (Å²) in [5.74, 6) is 0.740. The van der Waals surface area contributed by atoms with E-state index in [1.807, 2.05) is 12.3 Å². The molecular weight excluding hydrogens is 188 g/mol. The second-order valence-corrected chi connectivity index (χ2v) is 4.29. The van der Waals surface area contributed by atoms with E-state index in [4.69, 9.17) is 4.74 Å². The van der Waals surface area contributed by atoms with Crippen LogP contribution in [-0.4, -0.2) is 24.7 Å². The van der Waals surface area contributed by atoms with Crippen molar-refractivity contribution in [3.8, 4) is 0 Å². The highest BCUT2D eigenvalue weighted by Crippen LogP contribution is 2.18. The summed E-state index contributed by atoms with van der Waals surface area (Å²) in [5, 5.41) is 3.37. The highest BCUT2D eigenvalue weighted by atomic mass is 16.5. The normalized spacial score (nSPS) is 20.3. The average Bonchev–Trinajstić information content (AvgIpc) is 2.81. The van der Waals surface area contributed by atoms with Crippen molar-refractivity contribution in [2.45, 2.75) is 25.9 Å². The summed E-state index contributed by atoms with van der Waals surface area (Å²) in [6.07, 6.45) is 4.63. The van der Waals surface area contributed by atoms with Crippen LogP contribution in [0.25, 0.3) is 0 Å². The maximum absolute atomic E-state index is 5.87. The summed E-state index contributed by atoms with van der Waals surface area (Å²) >= 11 is 0. The summed E-state index contributed by atoms with van der Waals surface area (Å²) in [5.41, 5.74) is 1.17. The molecule has 0 aliphatic carbocycles. The fraction of sp³-hybridized carbons (Fsp3) is 0.667. The van der Waals surface area contributed by atoms with E-state index >= 15 is 0 Å². The first-order valence-electron chi connectivity index (χ1n) is 5.82. The zero-order valence-corrected chi connectivity index (χ0v) is 9.33. The molecule has 0 radical (unpaired) electrons. The zero-order chi connectivity index (χ0) is 10.5. The number of piperidine rings is 1. The van der Waals surface area contributed by atoms with E-state index in [0.29, 0.717) is 0 Å². The lowest BCUT2D eigenvalue weighted by atomic mass is 9.99. The van der Waals surface area contributed by atoms with Crippen molar-refractivity contribution in [2.75, 3.05) is 19.7 Å². The van der Waals surface area contributed by atoms with E-state index in [-0.39, 0.29) is 6.10 Å². The van der Waals surface area contributed by atoms with Gasteiger partial charge in [0.25, 0.3) is 0 Å². The van der Waals surface area contributed by atoms with Crippen molar-refractivity contribution in [1.82, 2.24) is 10.3 Å². The Morgan fingerprint density at radius 3 is 2.93 bits per heavy atom. The lowest BCUT2D eigenvalue weighted by Gasteiger charge is -2.23. The lowest BCUT2D eigenvalue weighted by Crippen LogP contribution is -2.30. The van der Waals surface area contributed by atoms with Crippen LogP contribution in [0.2, 0.25) is 0 Å². The van der Waals surface area contributed by atoms with E-state index in [1.165, 1.54) is 18.5 Å². The lowest BCUT2D eigenvalue weighted by molar-refractivity contribution is 0.0299. The fourth-order valence-electron chi connectivity index (χ4n) is 2.02. The van der Waals surface area contributed by atoms with E-state index in [2.05, 4.69) is 23.3 Å². The van der Waals surface area contributed by atoms with Crippen LogP contribution in [0, 0.1) is 5.92 Å². The standard InChI is InChI=1S/C12H20N2O/c1-10(12-3-2-6-14-12)15-9-11-4-7-13-8-5-11/h2-3,6,10-11,13-14H,4-5,7-9H2,1H3/t10-/m1/s1. The molecule has 3 nitrogen and oxygen atoms in total. The zero-order valence-electron chi connectivity index (χ0n) is 9.33. The molecule has 15 heavy (non-hydrogen) atoms. The third-order valence-electron chi connectivity index (χ3n) is 3.10. The molecule has 0 saturated carbocycles. The number of H-pyrrole nitrogens is 1. The van der Waals surface area contributed by atoms with Gasteiger partial charge in [0, 0.05) is 11.9 Å². The van der Waals surface area contributed by atoms with Gasteiger partial charge in [-0.3, -0.25) is 0 Å². The largest absolute Gasteiger partial charge is 0.372 e. The van der Waals surface area contributed by atoms with Crippen molar-refractivity contribution in [2.24, 2.45) is 5.92 Å². The minimum Gasteiger partial charge on any atom is -0.372 e. The summed E-state index contributed by atoms with van der Waals surface area (Å²) in [6.45, 7) is 5.28. The topological polar surface area (TPSA) is 37.0 Å². The Morgan fingerprint density at radius 1 is 1.47 bits per heavy atom. The van der Waals surface area contributed by atoms with Gasteiger partial charge in [-0.05, 0) is 50.9 Å². The van der Waals surface area contributed by atoms with Crippen LogP contribution in [0.4, 0.5) is 0 Å². The van der Waals surface area contributed by atoms with E-state index in [9.17, 15) is 0 Å². The van der Waals surface area contributed by atoms with Gasteiger partial charge in [0.05, 0.1) is 12.7 Å². The first-order chi connectivity index (χ1) is 7.36. The molecule has 1 fully saturated rings. The van der Waals surface area contributed by atoms with Crippen LogP contribution in [0.15, 0.2) is 18.3 Å². The van der Waals surface area contributed by atoms with Crippen LogP contribution in [0.1, 0.15) is 31.6 Å². The summed E-state index contributed by atoms with van der Waals surface area (Å²) in [4.78, 5) is 3.19. The van der Waals surface area contributed by atoms with Gasteiger partial charge in [-0.25, -0.2) is 0 Å². The van der Waals surface area contributed by atoms with Crippen LogP contribution < -0.4 is 5.32 Å². The van der Waals surface area contributed by atoms with Crippen LogP contribution >= 0.6 is 0 Å². The Hall–Kier alpha value is -0.800. The number of rotatable bonds is 4. The molecule has 2 heterocycles. The SMILES string of the molecule is C[C@@H](OCC1CCNCC1)c1ccc[nH]1. The van der Waals surface area contributed by atoms with E-state index < -0.39 is 0 Å². The Bertz CT molecular complexity index is 265. The van der Waals surface area contributed by atoms with Gasteiger partial charge in [0.1, 0.15) is 0 Å². The number of nitrogens with one attached hydrogen (secondary N) is 2. The molecule has 1 aromatic rings. The van der Waals surface area contributed by atoms with Gasteiger partial charge in [-0.2, -0.15) is 0 Å². The van der Waals surface area contributed by atoms with E-state index in [1.54, 1.807) is 0 Å². The van der Waals surface area contributed by atoms with Crippen molar-refractivity contribution < 1.29 is 4.74 Å². The average molecular weight is 208 g/mol. The second-order valence-electron chi connectivity index (χ2n) is 4.29. The number of hydrogen-bond acceptors (Lipinski definition) is 2. The smallest absolute Gasteiger partial charge is 0.0944 e. The van der Waals surface area contributed by atoms with Gasteiger partial charge in [0.15, 0.2) is 0 Å². The molecule has 1 aliphatic rings. The molecule has 1 aliphatic heterocycles. The summed E-state index contributed by atoms with van der Waals surface area (Å²) in [6, 6.07) is 4.09. The predicted molar refractivity (Wildman–Crippen MR) is 60.8 cm³/mol. The van der Waals surface area contributed by atoms with Gasteiger partial charge in [-0.1, -0.05) is 0 Å². The molecule has 0 aromatic carbocycles. The molecule has 0 spiro atoms. The Morgan fingerprint density at radius 2 is 2.27 bits per heavy atom. The first-order valence-corrected chi connectivity index (χ1v) is 5.82. The third-order valence-corrected chi connectivity index (χ3v) is 3.10. The molecule has 2 N–H and O–H groups in total. The molecule has 1 aromatic heterocycles. The number of hydrogen-bond donors (Lipinski definition) is 2. The van der Waals surface area contributed by atoms with Gasteiger partial charge >= 0.3 is 0 Å². The molecule has 3 heteroatoms. The molecule has 84 valence electrons. The van der Waals surface area contributed by atoms with Crippen molar-refractivity contribution in [3.05, 3.63) is 24.0 Å². The highest BCUT2D eigenvalue weighted by Gasteiger charge is 2.15. The molecule has 1 atom stereocenters. The van der Waals surface area contributed by atoms with Crippen molar-refractivity contribution >= 4 is 0 Å². The molecule has 2 rings (SSSR count). The maximum atomic E-state index is 5.87. The number of ether oxygens (including phenoxy) is 1. The molecular formula is C12H20N2O. The summed E-state index contributed by atoms with van der Waals surface area (Å²) in [7, 11) is 0. The van der Waals surface area contributed by atoms with Crippen LogP contribution in [-0.2, 0) is 4.74 Å². The first kappa shape index (κ1) is 10.7. The molecule has 0 amide bonds. The second kappa shape index (κ2) is 5.33. The fourth-order valence-corrected chi connectivity index (χ4v) is 2.02. The third kappa shape index (κ3) is 3.08. The predicted octanol–water partition coefficient (Wildman–Crippen LogP) is 2.09. The van der Waals surface area contributed by atoms with Gasteiger partial charge < -0.3 is 15.0 Å². The highest BCUT2D eigenvalue weighted by molar-refractivity contribution is 5.06. The number of aromatic nitrogens is 1. The van der Waals surface area contributed by atoms with E-state index in [0.717, 1.165) is 25.6 Å². The van der Waals surface area contributed by atoms with Crippen LogP contribution in [0.5, 0.6) is 0 Å². The minimum absolute atomic E-state index is 0.190. The Labute approximate surface area is 91.2 Å². The molecule has 1 saturated heterocycles. The van der Waals surface area contributed by atoms with Crippen LogP contribution in [0.3, 0.4) is 0 Å². The molecule has 0 unspecified atom stereocenters. The Balaban J connectivity index is 1.73. The van der Waals surface area contributed by atoms with Gasteiger partial charge in [-0.15, -0.1) is 0 Å². The van der Waals surface area contributed by atoms with Gasteiger partial charge in [0.2, 0.25) is 0 Å². The Kier molecular flexibility index (Phi) is 3.80. The number of aromatic amines is 1. The molecule has 0 bridgehead atoms. The minimum atomic E-state index is 0.190. The summed E-state index contributed by atoms with van der Waals surface area (Å²) < 4.78 is 5.87. The maximum Gasteiger partial charge on any atom is 0.0944 e.